The van der Waals surface area contributed by atoms with Crippen molar-refractivity contribution in [3.05, 3.63) is 71.5 Å². The zero-order chi connectivity index (χ0) is 24.8. The van der Waals surface area contributed by atoms with Gasteiger partial charge in [-0.25, -0.2) is 19.6 Å². The first-order valence-electron chi connectivity index (χ1n) is 11.5. The lowest BCUT2D eigenvalue weighted by atomic mass is 9.90. The van der Waals surface area contributed by atoms with Crippen LogP contribution in [0, 0.1) is 5.92 Å². The number of nitrogens with two attached hydrogens (primary N) is 1. The number of ether oxygens (including phenoxy) is 2. The number of anilines is 4. The third kappa shape index (κ3) is 5.68. The van der Waals surface area contributed by atoms with Crippen LogP contribution >= 0.6 is 0 Å². The van der Waals surface area contributed by atoms with Gasteiger partial charge in [0.15, 0.2) is 11.6 Å². The number of aromatic nitrogens is 2. The maximum atomic E-state index is 12.1. The van der Waals surface area contributed by atoms with Crippen LogP contribution in [0.3, 0.4) is 0 Å². The number of esters is 2. The van der Waals surface area contributed by atoms with Crippen molar-refractivity contribution < 1.29 is 19.1 Å². The van der Waals surface area contributed by atoms with Crippen LogP contribution < -0.4 is 16.0 Å². The Morgan fingerprint density at radius 3 is 2.23 bits per heavy atom. The third-order valence-electron chi connectivity index (χ3n) is 6.18. The van der Waals surface area contributed by atoms with Crippen LogP contribution in [0.5, 0.6) is 0 Å². The molecule has 9 heteroatoms. The summed E-state index contributed by atoms with van der Waals surface area (Å²) >= 11 is 0. The molecule has 1 aliphatic rings. The lowest BCUT2D eigenvalue weighted by Crippen LogP contribution is -2.35. The van der Waals surface area contributed by atoms with Gasteiger partial charge in [-0.3, -0.25) is 0 Å². The van der Waals surface area contributed by atoms with Crippen LogP contribution in [-0.4, -0.2) is 49.2 Å². The van der Waals surface area contributed by atoms with Crippen LogP contribution in [0.15, 0.2) is 54.9 Å². The minimum atomic E-state index is -0.575. The van der Waals surface area contributed by atoms with Gasteiger partial charge in [0.05, 0.1) is 25.3 Å². The van der Waals surface area contributed by atoms with Gasteiger partial charge in [0.1, 0.15) is 12.0 Å². The molecule has 9 nitrogen and oxygen atoms in total. The van der Waals surface area contributed by atoms with E-state index in [4.69, 9.17) is 15.2 Å². The van der Waals surface area contributed by atoms with E-state index in [0.29, 0.717) is 28.9 Å². The van der Waals surface area contributed by atoms with Crippen LogP contribution in [0.1, 0.15) is 39.1 Å². The molecule has 2 heterocycles. The molecule has 1 saturated heterocycles. The molecule has 0 amide bonds. The number of hydrogen-bond donors (Lipinski definition) is 2. The van der Waals surface area contributed by atoms with Gasteiger partial charge in [0.25, 0.3) is 0 Å². The summed E-state index contributed by atoms with van der Waals surface area (Å²) in [6.07, 6.45) is 4.62. The van der Waals surface area contributed by atoms with Crippen molar-refractivity contribution in [2.75, 3.05) is 43.3 Å². The Morgan fingerprint density at radius 1 is 1.00 bits per heavy atom. The molecule has 0 saturated carbocycles. The molecule has 4 rings (SSSR count). The van der Waals surface area contributed by atoms with Gasteiger partial charge in [0, 0.05) is 18.8 Å². The third-order valence-corrected chi connectivity index (χ3v) is 6.18. The van der Waals surface area contributed by atoms with Crippen LogP contribution in [0.25, 0.3) is 0 Å². The van der Waals surface area contributed by atoms with Crippen molar-refractivity contribution in [2.45, 2.75) is 19.3 Å². The number of piperidine rings is 1. The number of benzene rings is 2. The summed E-state index contributed by atoms with van der Waals surface area (Å²) < 4.78 is 9.60. The molecule has 0 aliphatic carbocycles. The van der Waals surface area contributed by atoms with Crippen LogP contribution in [-0.2, 0) is 15.9 Å². The second-order valence-electron chi connectivity index (χ2n) is 8.49. The van der Waals surface area contributed by atoms with Crippen molar-refractivity contribution in [2.24, 2.45) is 5.92 Å². The first-order valence-corrected chi connectivity index (χ1v) is 11.5. The maximum Gasteiger partial charge on any atom is 0.337 e. The van der Waals surface area contributed by atoms with E-state index in [0.717, 1.165) is 32.4 Å². The topological polar surface area (TPSA) is 120 Å². The summed E-state index contributed by atoms with van der Waals surface area (Å²) in [6, 6.07) is 15.1. The molecule has 1 aliphatic heterocycles. The van der Waals surface area contributed by atoms with Crippen molar-refractivity contribution in [3.8, 4) is 0 Å². The molecule has 0 atom stereocenters. The van der Waals surface area contributed by atoms with E-state index in [2.05, 4.69) is 44.5 Å². The van der Waals surface area contributed by atoms with Crippen LogP contribution in [0.2, 0.25) is 0 Å². The molecular formula is C26H29N5O4. The number of rotatable bonds is 7. The fourth-order valence-corrected chi connectivity index (χ4v) is 4.34. The Hall–Kier alpha value is -4.14. The highest BCUT2D eigenvalue weighted by molar-refractivity contribution is 5.97. The predicted molar refractivity (Wildman–Crippen MR) is 134 cm³/mol. The second-order valence-corrected chi connectivity index (χ2v) is 8.49. The number of methoxy groups -OCH3 is 2. The fraction of sp³-hybridized carbons (Fsp3) is 0.308. The molecular weight excluding hydrogens is 446 g/mol. The second kappa shape index (κ2) is 10.9. The summed E-state index contributed by atoms with van der Waals surface area (Å²) in [5.41, 5.74) is 9.07. The molecule has 0 unspecified atom stereocenters. The predicted octanol–water partition coefficient (Wildman–Crippen LogP) is 3.83. The van der Waals surface area contributed by atoms with E-state index >= 15 is 0 Å². The average Bonchev–Trinajstić information content (AvgIpc) is 2.90. The summed E-state index contributed by atoms with van der Waals surface area (Å²) in [5.74, 6) is 0.520. The van der Waals surface area contributed by atoms with Gasteiger partial charge in [-0.1, -0.05) is 30.3 Å². The van der Waals surface area contributed by atoms with Crippen molar-refractivity contribution in [1.29, 1.82) is 0 Å². The lowest BCUT2D eigenvalue weighted by Gasteiger charge is -2.33. The monoisotopic (exact) mass is 475 g/mol. The number of carbonyl (C=O) groups excluding carboxylic acids is 2. The molecule has 35 heavy (non-hydrogen) atoms. The van der Waals surface area contributed by atoms with E-state index in [-0.39, 0.29) is 11.1 Å². The van der Waals surface area contributed by atoms with Gasteiger partial charge in [-0.05, 0) is 48.9 Å². The highest BCUT2D eigenvalue weighted by Crippen LogP contribution is 2.32. The molecule has 1 fully saturated rings. The van der Waals surface area contributed by atoms with Gasteiger partial charge in [0.2, 0.25) is 0 Å². The van der Waals surface area contributed by atoms with E-state index in [1.54, 1.807) is 12.1 Å². The molecule has 1 aromatic heterocycles. The summed E-state index contributed by atoms with van der Waals surface area (Å²) in [4.78, 5) is 35.1. The quantitative estimate of drug-likeness (QED) is 0.491. The first-order chi connectivity index (χ1) is 17.0. The number of carbonyl (C=O) groups is 2. The van der Waals surface area contributed by atoms with Gasteiger partial charge < -0.3 is 25.4 Å². The molecule has 3 aromatic rings. The Morgan fingerprint density at radius 2 is 1.63 bits per heavy atom. The normalized spacial score (nSPS) is 13.8. The first kappa shape index (κ1) is 24.0. The summed E-state index contributed by atoms with van der Waals surface area (Å²) in [6.45, 7) is 1.70. The zero-order valence-electron chi connectivity index (χ0n) is 19.9. The Bertz CT molecular complexity index is 1160. The minimum Gasteiger partial charge on any atom is -0.465 e. The number of nitrogen functional groups attached to an aromatic ring is 1. The van der Waals surface area contributed by atoms with Crippen LogP contribution in [0.4, 0.5) is 23.0 Å². The standard InChI is InChI=1S/C26H29N5O4/c1-34-25(32)19-13-20(26(33)35-2)15-21(14-19)30-23-22(27)24(29-16-28-23)31-10-8-18(9-11-31)12-17-6-4-3-5-7-17/h3-7,13-16,18H,8-12,27H2,1-2H3,(H,28,29,30). The minimum absolute atomic E-state index is 0.200. The molecule has 2 aromatic carbocycles. The van der Waals surface area contributed by atoms with E-state index in [9.17, 15) is 9.59 Å². The number of hydrogen-bond acceptors (Lipinski definition) is 9. The Balaban J connectivity index is 1.50. The SMILES string of the molecule is COC(=O)c1cc(Nc2ncnc(N3CCC(Cc4ccccc4)CC3)c2N)cc(C(=O)OC)c1. The van der Waals surface area contributed by atoms with Gasteiger partial charge in [-0.2, -0.15) is 0 Å². The van der Waals surface area contributed by atoms with Crippen molar-refractivity contribution in [3.63, 3.8) is 0 Å². The zero-order valence-corrected chi connectivity index (χ0v) is 19.9. The summed E-state index contributed by atoms with van der Waals surface area (Å²) in [7, 11) is 2.55. The molecule has 0 radical (unpaired) electrons. The highest BCUT2D eigenvalue weighted by atomic mass is 16.5. The number of nitrogens with one attached hydrogen (secondary N) is 1. The molecule has 182 valence electrons. The fourth-order valence-electron chi connectivity index (χ4n) is 4.34. The van der Waals surface area contributed by atoms with Crippen molar-refractivity contribution in [1.82, 2.24) is 9.97 Å². The van der Waals surface area contributed by atoms with E-state index in [1.807, 2.05) is 6.07 Å². The Kier molecular flexibility index (Phi) is 7.45. The smallest absolute Gasteiger partial charge is 0.337 e. The molecule has 0 bridgehead atoms. The maximum absolute atomic E-state index is 12.1. The highest BCUT2D eigenvalue weighted by Gasteiger charge is 2.23. The Labute approximate surface area is 204 Å². The van der Waals surface area contributed by atoms with E-state index in [1.165, 1.54) is 32.2 Å². The van der Waals surface area contributed by atoms with Gasteiger partial charge in [-0.15, -0.1) is 0 Å². The molecule has 0 spiro atoms. The molecule has 3 N–H and O–H groups in total. The van der Waals surface area contributed by atoms with Crippen molar-refractivity contribution >= 4 is 34.9 Å². The largest absolute Gasteiger partial charge is 0.465 e. The lowest BCUT2D eigenvalue weighted by molar-refractivity contribution is 0.0599. The van der Waals surface area contributed by atoms with Gasteiger partial charge >= 0.3 is 11.9 Å². The summed E-state index contributed by atoms with van der Waals surface area (Å²) in [5, 5.41) is 3.11. The number of nitrogens with zero attached hydrogens (tertiary/aromatic N) is 3. The van der Waals surface area contributed by atoms with E-state index < -0.39 is 11.9 Å². The average molecular weight is 476 g/mol.